The maximum atomic E-state index is 13.9. The minimum Gasteiger partial charge on any atom is -0.348 e. The summed E-state index contributed by atoms with van der Waals surface area (Å²) in [5.41, 5.74) is 3.98. The number of aryl methyl sites for hydroxylation is 1. The molecule has 208 valence electrons. The fourth-order valence-corrected chi connectivity index (χ4v) is 5.40. The van der Waals surface area contributed by atoms with E-state index in [0.717, 1.165) is 36.0 Å². The predicted molar refractivity (Wildman–Crippen MR) is 159 cm³/mol. The number of anilines is 1. The Hall–Kier alpha value is -4.78. The number of amides is 3. The lowest BCUT2D eigenvalue weighted by atomic mass is 9.87. The number of carbonyl (C=O) groups excluding carboxylic acids is 3. The summed E-state index contributed by atoms with van der Waals surface area (Å²) in [5.74, 6) is -1.04. The van der Waals surface area contributed by atoms with Crippen molar-refractivity contribution in [3.63, 3.8) is 0 Å². The Balaban J connectivity index is 1.36. The lowest BCUT2D eigenvalue weighted by Crippen LogP contribution is -2.49. The molecule has 0 radical (unpaired) electrons. The predicted octanol–water partition coefficient (Wildman–Crippen LogP) is 5.31. The van der Waals surface area contributed by atoms with Crippen LogP contribution >= 0.6 is 0 Å². The molecule has 5 rings (SSSR count). The van der Waals surface area contributed by atoms with Crippen LogP contribution in [0.3, 0.4) is 0 Å². The second-order valence-electron chi connectivity index (χ2n) is 10.3. The smallest absolute Gasteiger partial charge is 0.243 e. The average Bonchev–Trinajstić information content (AvgIpc) is 3.01. The van der Waals surface area contributed by atoms with Crippen LogP contribution in [0.1, 0.15) is 59.9 Å². The van der Waals surface area contributed by atoms with E-state index in [1.807, 2.05) is 78.9 Å². The number of nitrogens with zero attached hydrogens (tertiary/aromatic N) is 1. The van der Waals surface area contributed by atoms with Crippen molar-refractivity contribution in [2.45, 2.75) is 50.1 Å². The molecule has 0 saturated carbocycles. The van der Waals surface area contributed by atoms with Gasteiger partial charge in [-0.25, -0.2) is 4.98 Å². The summed E-state index contributed by atoms with van der Waals surface area (Å²) in [7, 11) is 0. The van der Waals surface area contributed by atoms with Gasteiger partial charge in [0.05, 0.1) is 12.0 Å². The summed E-state index contributed by atoms with van der Waals surface area (Å²) in [4.78, 5) is 44.5. The zero-order valence-electron chi connectivity index (χ0n) is 22.8. The third-order valence-corrected chi connectivity index (χ3v) is 7.44. The zero-order chi connectivity index (χ0) is 28.4. The minimum absolute atomic E-state index is 0.0392. The summed E-state index contributed by atoms with van der Waals surface area (Å²) in [6.45, 7) is 0. The first-order valence-electron chi connectivity index (χ1n) is 14.1. The molecule has 0 bridgehead atoms. The molecule has 0 fully saturated rings. The number of hydrogen-bond donors (Lipinski definition) is 3. The van der Waals surface area contributed by atoms with E-state index in [2.05, 4.69) is 27.0 Å². The summed E-state index contributed by atoms with van der Waals surface area (Å²) in [5, 5.41) is 8.94. The standard InChI is InChI=1S/C34H34N4O3/c39-31(38-30-20-9-10-23-35-30)22-21-29(33(40)36-28-19-11-17-24-12-7-8-18-27(24)28)37-34(41)32(25-13-3-1-4-14-25)26-15-5-2-6-16-26/h1-10,12-16,18,20,23,28-29,32H,11,17,19,21-22H2,(H,36,40)(H,37,41)(H,35,38,39)/t28?,29-/m1/s1. The Morgan fingerprint density at radius 2 is 1.44 bits per heavy atom. The molecule has 7 nitrogen and oxygen atoms in total. The Labute approximate surface area is 240 Å². The van der Waals surface area contributed by atoms with Gasteiger partial charge in [0.25, 0.3) is 0 Å². The van der Waals surface area contributed by atoms with Crippen molar-refractivity contribution in [2.24, 2.45) is 0 Å². The van der Waals surface area contributed by atoms with Gasteiger partial charge in [0.2, 0.25) is 17.7 Å². The highest BCUT2D eigenvalue weighted by molar-refractivity contribution is 5.94. The van der Waals surface area contributed by atoms with Crippen LogP contribution in [0, 0.1) is 0 Å². The molecule has 7 heteroatoms. The number of fused-ring (bicyclic) bond motifs is 1. The van der Waals surface area contributed by atoms with E-state index in [-0.39, 0.29) is 36.6 Å². The third-order valence-electron chi connectivity index (χ3n) is 7.44. The van der Waals surface area contributed by atoms with Crippen LogP contribution in [0.15, 0.2) is 109 Å². The Morgan fingerprint density at radius 3 is 2.12 bits per heavy atom. The van der Waals surface area contributed by atoms with Crippen molar-refractivity contribution in [3.8, 4) is 0 Å². The topological polar surface area (TPSA) is 100 Å². The molecule has 4 aromatic rings. The van der Waals surface area contributed by atoms with Gasteiger partial charge in [-0.2, -0.15) is 0 Å². The molecular weight excluding hydrogens is 512 g/mol. The summed E-state index contributed by atoms with van der Waals surface area (Å²) in [6.07, 6.45) is 4.54. The van der Waals surface area contributed by atoms with Crippen molar-refractivity contribution < 1.29 is 14.4 Å². The quantitative estimate of drug-likeness (QED) is 0.251. The zero-order valence-corrected chi connectivity index (χ0v) is 22.8. The van der Waals surface area contributed by atoms with Crippen molar-refractivity contribution in [2.75, 3.05) is 5.32 Å². The van der Waals surface area contributed by atoms with Gasteiger partial charge in [0.15, 0.2) is 0 Å². The lowest BCUT2D eigenvalue weighted by Gasteiger charge is -2.29. The van der Waals surface area contributed by atoms with Crippen molar-refractivity contribution in [1.82, 2.24) is 15.6 Å². The van der Waals surface area contributed by atoms with Crippen molar-refractivity contribution in [3.05, 3.63) is 132 Å². The number of aromatic nitrogens is 1. The largest absolute Gasteiger partial charge is 0.348 e. The second kappa shape index (κ2) is 13.5. The summed E-state index contributed by atoms with van der Waals surface area (Å²) >= 11 is 0. The molecule has 3 N–H and O–H groups in total. The van der Waals surface area contributed by atoms with E-state index >= 15 is 0 Å². The summed E-state index contributed by atoms with van der Waals surface area (Å²) in [6, 6.07) is 31.4. The number of hydrogen-bond acceptors (Lipinski definition) is 4. The Morgan fingerprint density at radius 1 is 0.780 bits per heavy atom. The molecule has 3 amide bonds. The monoisotopic (exact) mass is 546 g/mol. The van der Waals surface area contributed by atoms with Gasteiger partial charge in [-0.1, -0.05) is 91.0 Å². The number of pyridine rings is 1. The third kappa shape index (κ3) is 7.25. The fraction of sp³-hybridized carbons (Fsp3) is 0.235. The van der Waals surface area contributed by atoms with Crippen molar-refractivity contribution >= 4 is 23.5 Å². The van der Waals surface area contributed by atoms with Crippen LogP contribution in [-0.4, -0.2) is 28.7 Å². The number of carbonyl (C=O) groups is 3. The molecule has 1 aliphatic rings. The van der Waals surface area contributed by atoms with E-state index in [9.17, 15) is 14.4 Å². The molecule has 0 spiro atoms. The minimum atomic E-state index is -0.902. The van der Waals surface area contributed by atoms with Gasteiger partial charge in [0.1, 0.15) is 11.9 Å². The van der Waals surface area contributed by atoms with E-state index in [1.165, 1.54) is 5.56 Å². The lowest BCUT2D eigenvalue weighted by molar-refractivity contribution is -0.130. The van der Waals surface area contributed by atoms with E-state index in [4.69, 9.17) is 0 Å². The molecule has 1 aliphatic carbocycles. The average molecular weight is 547 g/mol. The van der Waals surface area contributed by atoms with E-state index in [0.29, 0.717) is 5.82 Å². The molecule has 41 heavy (non-hydrogen) atoms. The highest BCUT2D eigenvalue weighted by Gasteiger charge is 2.30. The first-order valence-corrected chi connectivity index (χ1v) is 14.1. The molecule has 3 aromatic carbocycles. The summed E-state index contributed by atoms with van der Waals surface area (Å²) < 4.78 is 0. The first-order chi connectivity index (χ1) is 20.1. The number of benzene rings is 3. The van der Waals surface area contributed by atoms with Crippen LogP contribution in [0.5, 0.6) is 0 Å². The van der Waals surface area contributed by atoms with Crippen LogP contribution < -0.4 is 16.0 Å². The highest BCUT2D eigenvalue weighted by Crippen LogP contribution is 2.30. The van der Waals surface area contributed by atoms with Crippen LogP contribution in [-0.2, 0) is 20.8 Å². The molecular formula is C34H34N4O3. The van der Waals surface area contributed by atoms with Gasteiger partial charge >= 0.3 is 0 Å². The van der Waals surface area contributed by atoms with Gasteiger partial charge in [-0.05, 0) is 60.1 Å². The van der Waals surface area contributed by atoms with Crippen LogP contribution in [0.25, 0.3) is 0 Å². The SMILES string of the molecule is O=C(CC[C@@H](NC(=O)C(c1ccccc1)c1ccccc1)C(=O)NC1CCCc2ccccc21)Nc1ccccn1. The van der Waals surface area contributed by atoms with E-state index in [1.54, 1.807) is 24.4 Å². The van der Waals surface area contributed by atoms with Crippen LogP contribution in [0.4, 0.5) is 5.82 Å². The second-order valence-corrected chi connectivity index (χ2v) is 10.3. The Bertz CT molecular complexity index is 1420. The highest BCUT2D eigenvalue weighted by atomic mass is 16.2. The number of rotatable bonds is 10. The van der Waals surface area contributed by atoms with Crippen molar-refractivity contribution in [1.29, 1.82) is 0 Å². The first kappa shape index (κ1) is 27.8. The molecule has 1 aromatic heterocycles. The van der Waals surface area contributed by atoms with Gasteiger partial charge in [0, 0.05) is 12.6 Å². The fourth-order valence-electron chi connectivity index (χ4n) is 5.40. The maximum absolute atomic E-state index is 13.9. The van der Waals surface area contributed by atoms with Gasteiger partial charge in [-0.3, -0.25) is 14.4 Å². The molecule has 1 heterocycles. The normalized spacial score (nSPS) is 14.9. The van der Waals surface area contributed by atoms with Crippen LogP contribution in [0.2, 0.25) is 0 Å². The van der Waals surface area contributed by atoms with Gasteiger partial charge < -0.3 is 16.0 Å². The molecule has 0 aliphatic heterocycles. The van der Waals surface area contributed by atoms with Gasteiger partial charge in [-0.15, -0.1) is 0 Å². The maximum Gasteiger partial charge on any atom is 0.243 e. The number of nitrogens with one attached hydrogen (secondary N) is 3. The molecule has 1 unspecified atom stereocenters. The molecule has 2 atom stereocenters. The molecule has 0 saturated heterocycles. The Kier molecular flexibility index (Phi) is 9.16. The van der Waals surface area contributed by atoms with E-state index < -0.39 is 12.0 Å².